The van der Waals surface area contributed by atoms with Gasteiger partial charge in [-0.15, -0.1) is 0 Å². The van der Waals surface area contributed by atoms with Crippen molar-refractivity contribution >= 4 is 5.78 Å². The Balaban J connectivity index is 2.13. The van der Waals surface area contributed by atoms with Crippen molar-refractivity contribution in [2.45, 2.75) is 37.6 Å². The van der Waals surface area contributed by atoms with Crippen LogP contribution in [-0.2, 0) is 17.6 Å². The Kier molecular flexibility index (Phi) is 4.76. The molecule has 0 saturated heterocycles. The number of rotatable bonds is 0. The van der Waals surface area contributed by atoms with E-state index in [1.165, 1.54) is 12.1 Å². The summed E-state index contributed by atoms with van der Waals surface area (Å²) in [4.78, 5) is 12.0. The Morgan fingerprint density at radius 1 is 0.760 bits per heavy atom. The summed E-state index contributed by atoms with van der Waals surface area (Å²) < 4.78 is 0. The number of Topliss-reactive ketones (excluding diaryl/α,β-unsaturated/α-hetero) is 1. The summed E-state index contributed by atoms with van der Waals surface area (Å²) in [7, 11) is 0. The number of fused-ring (bicyclic) bond motifs is 5. The predicted molar refractivity (Wildman–Crippen MR) is 90.3 cm³/mol. The van der Waals surface area contributed by atoms with Gasteiger partial charge in [-0.05, 0) is 41.8 Å². The van der Waals surface area contributed by atoms with Crippen molar-refractivity contribution in [3.05, 3.63) is 47.5 Å². The minimum atomic E-state index is -1.59. The Bertz CT molecular complexity index is 800. The Hall–Kier alpha value is -2.41. The van der Waals surface area contributed by atoms with Crippen molar-refractivity contribution < 1.29 is 30.3 Å². The van der Waals surface area contributed by atoms with E-state index in [0.717, 1.165) is 0 Å². The predicted octanol–water partition coefficient (Wildman–Crippen LogP) is 0.905. The molecule has 3 atom stereocenters. The van der Waals surface area contributed by atoms with Gasteiger partial charge in [0.2, 0.25) is 0 Å². The molecule has 0 fully saturated rings. The van der Waals surface area contributed by atoms with Crippen LogP contribution in [0.4, 0.5) is 0 Å². The summed E-state index contributed by atoms with van der Waals surface area (Å²) in [5.41, 5.74) is 2.03. The average Bonchev–Trinajstić information content (AvgIpc) is 2.57. The van der Waals surface area contributed by atoms with Gasteiger partial charge in [-0.2, -0.15) is 0 Å². The molecule has 3 unspecified atom stereocenters. The molecule has 2 aromatic carbocycles. The van der Waals surface area contributed by atoms with Gasteiger partial charge in [0.25, 0.3) is 0 Å². The fourth-order valence-electron chi connectivity index (χ4n) is 3.12. The zero-order valence-electron chi connectivity index (χ0n) is 13.5. The van der Waals surface area contributed by atoms with Crippen LogP contribution in [0.5, 0.6) is 11.5 Å². The van der Waals surface area contributed by atoms with Gasteiger partial charge in [-0.25, -0.2) is 0 Å². The number of hydrogen-bond acceptors (Lipinski definition) is 6. The van der Waals surface area contributed by atoms with Crippen LogP contribution in [0.3, 0.4) is 0 Å². The van der Waals surface area contributed by atoms with E-state index >= 15 is 0 Å². The fourth-order valence-corrected chi connectivity index (χ4v) is 3.12. The smallest absolute Gasteiger partial charge is 0.166 e. The van der Waals surface area contributed by atoms with Crippen LogP contribution in [0.25, 0.3) is 11.1 Å². The molecule has 4 bridgehead atoms. The fraction of sp³-hybridized carbons (Fsp3) is 0.316. The highest BCUT2D eigenvalue weighted by molar-refractivity contribution is 5.84. The maximum absolute atomic E-state index is 12.0. The molecule has 0 amide bonds. The molecular formula is C19H20O6. The second-order valence-corrected chi connectivity index (χ2v) is 6.45. The van der Waals surface area contributed by atoms with Crippen LogP contribution in [0, 0.1) is 0 Å². The second-order valence-electron chi connectivity index (χ2n) is 6.45. The van der Waals surface area contributed by atoms with E-state index in [1.54, 1.807) is 24.3 Å². The number of carbonyl (C=O) groups excluding carboxylic acids is 1. The summed E-state index contributed by atoms with van der Waals surface area (Å²) in [6.07, 6.45) is -4.08. The minimum absolute atomic E-state index is 0.00324. The SMILES string of the molecule is O=C1CC(O)Cc2ccc(O)c(c2)-c2cc(ccc2O)CC(O)C1O. The first kappa shape index (κ1) is 17.4. The van der Waals surface area contributed by atoms with Gasteiger partial charge in [0, 0.05) is 24.0 Å². The number of aliphatic hydroxyl groups excluding tert-OH is 3. The first-order valence-electron chi connectivity index (χ1n) is 8.06. The van der Waals surface area contributed by atoms with Crippen molar-refractivity contribution in [3.63, 3.8) is 0 Å². The summed E-state index contributed by atoms with van der Waals surface area (Å²) in [6, 6.07) is 9.35. The zero-order valence-corrected chi connectivity index (χ0v) is 13.5. The van der Waals surface area contributed by atoms with Gasteiger partial charge in [0.15, 0.2) is 5.78 Å². The van der Waals surface area contributed by atoms with E-state index in [9.17, 15) is 30.3 Å². The standard InChI is InChI=1S/C19H20O6/c20-12-5-10-1-3-15(21)13(6-10)14-7-11(2-4-16(14)22)8-17(23)19(25)18(24)9-12/h1-4,6-7,12,17,19-23,25H,5,8-9H2. The second kappa shape index (κ2) is 6.84. The van der Waals surface area contributed by atoms with E-state index in [0.29, 0.717) is 22.3 Å². The summed E-state index contributed by atoms with van der Waals surface area (Å²) in [5, 5.41) is 50.5. The molecule has 6 heteroatoms. The number of carbonyl (C=O) groups is 1. The van der Waals surface area contributed by atoms with Gasteiger partial charge >= 0.3 is 0 Å². The third-order valence-corrected chi connectivity index (χ3v) is 4.46. The molecule has 0 spiro atoms. The lowest BCUT2D eigenvalue weighted by Crippen LogP contribution is -2.37. The third kappa shape index (κ3) is 3.66. The molecule has 0 radical (unpaired) electrons. The molecule has 0 heterocycles. The van der Waals surface area contributed by atoms with Gasteiger partial charge in [0.05, 0.1) is 12.2 Å². The van der Waals surface area contributed by atoms with Gasteiger partial charge < -0.3 is 25.5 Å². The van der Waals surface area contributed by atoms with Gasteiger partial charge in [-0.3, -0.25) is 4.79 Å². The van der Waals surface area contributed by atoms with Crippen LogP contribution in [0.1, 0.15) is 17.5 Å². The first-order valence-corrected chi connectivity index (χ1v) is 8.06. The summed E-state index contributed by atoms with van der Waals surface area (Å²) >= 11 is 0. The third-order valence-electron chi connectivity index (χ3n) is 4.46. The number of phenolic OH excluding ortho intramolecular Hbond substituents is 2. The van der Waals surface area contributed by atoms with Crippen LogP contribution >= 0.6 is 0 Å². The molecule has 0 aromatic heterocycles. The number of phenols is 2. The molecule has 3 rings (SSSR count). The highest BCUT2D eigenvalue weighted by Gasteiger charge is 2.27. The number of ketones is 1. The molecule has 2 aromatic rings. The van der Waals surface area contributed by atoms with Crippen molar-refractivity contribution in [2.24, 2.45) is 0 Å². The highest BCUT2D eigenvalue weighted by atomic mass is 16.3. The lowest BCUT2D eigenvalue weighted by molar-refractivity contribution is -0.134. The molecule has 1 aliphatic rings. The number of hydrogen-bond donors (Lipinski definition) is 5. The molecule has 6 nitrogen and oxygen atoms in total. The van der Waals surface area contributed by atoms with E-state index < -0.39 is 24.1 Å². The lowest BCUT2D eigenvalue weighted by atomic mass is 9.96. The Labute approximate surface area is 144 Å². The van der Waals surface area contributed by atoms with Crippen LogP contribution < -0.4 is 0 Å². The van der Waals surface area contributed by atoms with Gasteiger partial charge in [-0.1, -0.05) is 12.1 Å². The van der Waals surface area contributed by atoms with E-state index in [2.05, 4.69) is 0 Å². The van der Waals surface area contributed by atoms with Crippen LogP contribution in [0.2, 0.25) is 0 Å². The van der Waals surface area contributed by atoms with E-state index in [-0.39, 0.29) is 30.8 Å². The molecule has 0 saturated carbocycles. The highest BCUT2D eigenvalue weighted by Crippen LogP contribution is 2.37. The molecule has 5 N–H and O–H groups in total. The number of benzene rings is 2. The number of aromatic hydroxyl groups is 2. The normalized spacial score (nSPS) is 24.1. The molecule has 1 aliphatic carbocycles. The largest absolute Gasteiger partial charge is 0.507 e. The molecule has 25 heavy (non-hydrogen) atoms. The van der Waals surface area contributed by atoms with Crippen molar-refractivity contribution in [1.29, 1.82) is 0 Å². The summed E-state index contributed by atoms with van der Waals surface area (Å²) in [5.74, 6) is -0.702. The summed E-state index contributed by atoms with van der Waals surface area (Å²) in [6.45, 7) is 0. The van der Waals surface area contributed by atoms with E-state index in [1.807, 2.05) is 0 Å². The quantitative estimate of drug-likeness (QED) is 0.485. The Morgan fingerprint density at radius 3 is 1.84 bits per heavy atom. The number of aliphatic hydroxyl groups is 3. The first-order chi connectivity index (χ1) is 11.8. The average molecular weight is 344 g/mol. The van der Waals surface area contributed by atoms with Crippen molar-refractivity contribution in [2.75, 3.05) is 0 Å². The van der Waals surface area contributed by atoms with Crippen molar-refractivity contribution in [3.8, 4) is 22.6 Å². The van der Waals surface area contributed by atoms with Crippen LogP contribution in [0.15, 0.2) is 36.4 Å². The van der Waals surface area contributed by atoms with Crippen LogP contribution in [-0.4, -0.2) is 49.6 Å². The monoisotopic (exact) mass is 344 g/mol. The van der Waals surface area contributed by atoms with E-state index in [4.69, 9.17) is 0 Å². The minimum Gasteiger partial charge on any atom is -0.507 e. The maximum Gasteiger partial charge on any atom is 0.166 e. The molecular weight excluding hydrogens is 324 g/mol. The molecule has 132 valence electrons. The Morgan fingerprint density at radius 2 is 1.28 bits per heavy atom. The maximum atomic E-state index is 12.0. The molecule has 0 aliphatic heterocycles. The topological polar surface area (TPSA) is 118 Å². The van der Waals surface area contributed by atoms with Crippen molar-refractivity contribution in [1.82, 2.24) is 0 Å². The zero-order chi connectivity index (χ0) is 18.1. The van der Waals surface area contributed by atoms with Gasteiger partial charge in [0.1, 0.15) is 17.6 Å². The lowest BCUT2D eigenvalue weighted by Gasteiger charge is -2.18.